The van der Waals surface area contributed by atoms with Gasteiger partial charge in [0.25, 0.3) is 0 Å². The quantitative estimate of drug-likeness (QED) is 0.0575. The fourth-order valence-corrected chi connectivity index (χ4v) is 11.1. The average molecular weight is 1200 g/mol. The molecule has 16 heteroatoms. The molecule has 4 heterocycles. The molecule has 4 aliphatic rings. The van der Waals surface area contributed by atoms with E-state index in [-0.39, 0.29) is 94.9 Å². The van der Waals surface area contributed by atoms with Gasteiger partial charge in [0.15, 0.2) is 12.6 Å². The van der Waals surface area contributed by atoms with Gasteiger partial charge < -0.3 is 40.0 Å². The third-order valence-corrected chi connectivity index (χ3v) is 15.4. The van der Waals surface area contributed by atoms with Crippen LogP contribution in [0, 0.1) is 11.6 Å². The number of aromatic hydroxyl groups is 1. The minimum Gasteiger partial charge on any atom is -1.00 e. The topological polar surface area (TPSA) is 79.3 Å². The number of nitrogens with zero attached hydrogens (tertiary/aromatic N) is 4. The summed E-state index contributed by atoms with van der Waals surface area (Å²) in [5.41, 5.74) is 6.49. The Morgan fingerprint density at radius 2 is 1.04 bits per heavy atom. The van der Waals surface area contributed by atoms with Crippen molar-refractivity contribution in [2.45, 2.75) is 102 Å². The SMILES string of the molecule is BrCCOC1CCCCO1.C[C@@H]1CN(c2ccc(O)cc2Cl)[C@H](c2ccc(F)cc2)CN1Cc1ccccc1.C[C@@H]1CN(c2ccc(OCCOC3CCCCO3)cc2Cl)[C@H](c2ccc(F)cc2)CN1Cc1ccccc1.[H-].[K+]. The van der Waals surface area contributed by atoms with Crippen molar-refractivity contribution in [2.24, 2.45) is 0 Å². The number of ether oxygens (including phenoxy) is 5. The van der Waals surface area contributed by atoms with Crippen LogP contribution in [0.2, 0.25) is 10.0 Å². The Kier molecular flexibility index (Phi) is 26.0. The first-order valence-corrected chi connectivity index (χ1v) is 28.9. The van der Waals surface area contributed by atoms with E-state index in [1.54, 1.807) is 12.1 Å². The summed E-state index contributed by atoms with van der Waals surface area (Å²) in [5.74, 6) is 0.381. The number of hydrogen-bond donors (Lipinski definition) is 1. The molecule has 4 saturated heterocycles. The molecule has 10 nitrogen and oxygen atoms in total. The minimum atomic E-state index is -0.242. The Bertz CT molecular complexity index is 2690. The zero-order chi connectivity index (χ0) is 53.9. The molecule has 4 fully saturated rings. The summed E-state index contributed by atoms with van der Waals surface area (Å²) >= 11 is 16.6. The summed E-state index contributed by atoms with van der Waals surface area (Å²) in [6.45, 7) is 12.6. The monoisotopic (exact) mass is 1200 g/mol. The van der Waals surface area contributed by atoms with Crippen molar-refractivity contribution in [2.75, 3.05) is 74.3 Å². The Hall–Kier alpha value is -3.16. The van der Waals surface area contributed by atoms with E-state index >= 15 is 0 Å². The molecule has 1 N–H and O–H groups in total. The van der Waals surface area contributed by atoms with Crippen LogP contribution >= 0.6 is 39.1 Å². The van der Waals surface area contributed by atoms with E-state index in [1.165, 1.54) is 48.2 Å². The first-order valence-electron chi connectivity index (χ1n) is 27.0. The number of rotatable bonds is 16. The minimum absolute atomic E-state index is 0. The van der Waals surface area contributed by atoms with Gasteiger partial charge in [-0.15, -0.1) is 0 Å². The van der Waals surface area contributed by atoms with E-state index in [2.05, 4.69) is 97.9 Å². The maximum atomic E-state index is 13.8. The Labute approximate surface area is 523 Å². The van der Waals surface area contributed by atoms with Crippen LogP contribution in [0.4, 0.5) is 20.2 Å². The number of halogens is 5. The molecule has 6 atom stereocenters. The number of benzene rings is 6. The third-order valence-electron chi connectivity index (χ3n) is 14.5. The zero-order valence-electron chi connectivity index (χ0n) is 46.2. The Morgan fingerprint density at radius 3 is 1.47 bits per heavy atom. The molecule has 0 saturated carbocycles. The van der Waals surface area contributed by atoms with Crippen LogP contribution < -0.4 is 65.9 Å². The van der Waals surface area contributed by atoms with E-state index < -0.39 is 0 Å². The number of anilines is 2. The van der Waals surface area contributed by atoms with Gasteiger partial charge in [-0.05, 0) is 123 Å². The standard InChI is InChI=1S/C31H36ClFN2O3.C24H24ClFN2O.C7H13BrO2.K.H/c1-23-20-35(29-15-14-27(19-28(29)32)36-17-18-38-31-9-5-6-16-37-31)30(25-10-12-26(33)13-11-25)22-34(23)21-24-7-3-2-4-8-24;1-17-14-28(23-12-11-21(29)13-22(23)25)24(19-7-9-20(26)10-8-19)16-27(17)15-18-5-3-2-4-6-18;8-4-6-10-7-3-1-2-5-9-7;;/h2-4,7-8,10-15,19,23,30-31H,5-6,9,16-18,20-22H2,1H3;2-13,17,24,29H,14-16H2,1H3;7H,1-6H2;;/q;;;+1;-1/t23-,30+,31?;17-,24+;;;/m11.../s1. The van der Waals surface area contributed by atoms with Gasteiger partial charge in [-0.1, -0.05) is 124 Å². The largest absolute Gasteiger partial charge is 1.00 e. The van der Waals surface area contributed by atoms with Gasteiger partial charge in [0.1, 0.15) is 29.7 Å². The molecule has 0 amide bonds. The van der Waals surface area contributed by atoms with Gasteiger partial charge in [-0.3, -0.25) is 9.80 Å². The van der Waals surface area contributed by atoms with Crippen LogP contribution in [0.1, 0.15) is 88.1 Å². The molecule has 0 aromatic heterocycles. The van der Waals surface area contributed by atoms with Gasteiger partial charge in [0.2, 0.25) is 0 Å². The number of hydrogen-bond acceptors (Lipinski definition) is 10. The second-order valence-corrected chi connectivity index (χ2v) is 21.7. The Morgan fingerprint density at radius 1 is 0.577 bits per heavy atom. The van der Waals surface area contributed by atoms with Crippen LogP contribution in [-0.2, 0) is 32.0 Å². The number of alkyl halides is 1. The summed E-state index contributed by atoms with van der Waals surface area (Å²) in [7, 11) is 0. The molecule has 2 unspecified atom stereocenters. The molecule has 10 rings (SSSR count). The van der Waals surface area contributed by atoms with Gasteiger partial charge in [-0.25, -0.2) is 8.78 Å². The molecule has 0 radical (unpaired) electrons. The van der Waals surface area contributed by atoms with Crippen LogP contribution in [0.3, 0.4) is 0 Å². The molecule has 78 heavy (non-hydrogen) atoms. The van der Waals surface area contributed by atoms with Crippen molar-refractivity contribution in [3.8, 4) is 11.5 Å². The van der Waals surface area contributed by atoms with E-state index in [0.29, 0.717) is 41.1 Å². The summed E-state index contributed by atoms with van der Waals surface area (Å²) in [6.07, 6.45) is 6.63. The fraction of sp³-hybridized carbons (Fsp3) is 0.419. The summed E-state index contributed by atoms with van der Waals surface area (Å²) in [6, 6.07) is 46.1. The van der Waals surface area contributed by atoms with Crippen molar-refractivity contribution < 1.29 is 90.4 Å². The second-order valence-electron chi connectivity index (χ2n) is 20.1. The number of phenols is 1. The maximum absolute atomic E-state index is 13.8. The van der Waals surface area contributed by atoms with Crippen LogP contribution in [0.25, 0.3) is 0 Å². The molecule has 6 aromatic carbocycles. The normalized spacial score (nSPS) is 21.8. The zero-order valence-corrected chi connectivity index (χ0v) is 51.4. The maximum Gasteiger partial charge on any atom is 1.00 e. The smallest absolute Gasteiger partial charge is 1.00 e. The van der Waals surface area contributed by atoms with E-state index in [0.717, 1.165) is 113 Å². The van der Waals surface area contributed by atoms with Crippen LogP contribution in [0.15, 0.2) is 146 Å². The van der Waals surface area contributed by atoms with Gasteiger partial charge in [-0.2, -0.15) is 0 Å². The van der Waals surface area contributed by atoms with Crippen molar-refractivity contribution in [1.82, 2.24) is 9.80 Å². The molecule has 0 aliphatic carbocycles. The summed E-state index contributed by atoms with van der Waals surface area (Å²) in [4.78, 5) is 9.55. The predicted molar refractivity (Wildman–Crippen MR) is 310 cm³/mol. The molecule has 6 aromatic rings. The molecule has 0 spiro atoms. The van der Waals surface area contributed by atoms with Crippen LogP contribution in [-0.4, -0.2) is 104 Å². The van der Waals surface area contributed by atoms with E-state index in [9.17, 15) is 13.9 Å². The number of phenolic OH excluding ortho intramolecular Hbond substituents is 1. The number of piperazine rings is 2. The fourth-order valence-electron chi connectivity index (χ4n) is 10.3. The first-order chi connectivity index (χ1) is 37.5. The van der Waals surface area contributed by atoms with Crippen molar-refractivity contribution in [1.29, 1.82) is 0 Å². The van der Waals surface area contributed by atoms with Crippen molar-refractivity contribution in [3.05, 3.63) is 190 Å². The van der Waals surface area contributed by atoms with Gasteiger partial charge in [0, 0.05) is 82.0 Å². The van der Waals surface area contributed by atoms with E-state index in [4.69, 9.17) is 46.9 Å². The summed E-state index contributed by atoms with van der Waals surface area (Å²) in [5, 5.41) is 11.8. The molecular formula is C62H74BrCl2F2KN4O6. The molecule has 4 aliphatic heterocycles. The van der Waals surface area contributed by atoms with E-state index in [1.807, 2.05) is 60.7 Å². The average Bonchev–Trinajstić information content (AvgIpc) is 3.45. The van der Waals surface area contributed by atoms with Gasteiger partial charge >= 0.3 is 51.4 Å². The first kappa shape index (κ1) is 62.4. The second kappa shape index (κ2) is 32.5. The summed E-state index contributed by atoms with van der Waals surface area (Å²) < 4.78 is 55.3. The Balaban J connectivity index is 0.000000217. The predicted octanol–water partition coefficient (Wildman–Crippen LogP) is 11.5. The van der Waals surface area contributed by atoms with Crippen LogP contribution in [0.5, 0.6) is 11.5 Å². The molecule has 414 valence electrons. The van der Waals surface area contributed by atoms with Crippen molar-refractivity contribution in [3.63, 3.8) is 0 Å². The molecular weight excluding hydrogens is 1120 g/mol. The van der Waals surface area contributed by atoms with Gasteiger partial charge in [0.05, 0.1) is 46.7 Å². The van der Waals surface area contributed by atoms with Crippen molar-refractivity contribution >= 4 is 50.5 Å². The molecule has 0 bridgehead atoms. The third kappa shape index (κ3) is 18.7.